The Labute approximate surface area is 132 Å². The maximum absolute atomic E-state index is 12.6. The third-order valence-electron chi connectivity index (χ3n) is 4.04. The maximum atomic E-state index is 12.6. The molecule has 1 aromatic heterocycles. The third kappa shape index (κ3) is 2.90. The Balaban J connectivity index is 2.08. The molecule has 122 valence electrons. The molecule has 3 rings (SSSR count). The van der Waals surface area contributed by atoms with Gasteiger partial charge in [-0.25, -0.2) is 9.78 Å². The van der Waals surface area contributed by atoms with Gasteiger partial charge in [0.2, 0.25) is 0 Å². The number of rotatable bonds is 4. The second-order valence-corrected chi connectivity index (χ2v) is 5.43. The Morgan fingerprint density at radius 2 is 2.09 bits per heavy atom. The largest absolute Gasteiger partial charge is 0.480 e. The van der Waals surface area contributed by atoms with E-state index in [2.05, 4.69) is 15.2 Å². The van der Waals surface area contributed by atoms with Crippen LogP contribution < -0.4 is 15.8 Å². The number of carbonyl (C=O) groups is 1. The van der Waals surface area contributed by atoms with Crippen molar-refractivity contribution in [3.05, 3.63) is 34.9 Å². The van der Waals surface area contributed by atoms with Crippen LogP contribution in [0.3, 0.4) is 0 Å². The van der Waals surface area contributed by atoms with E-state index in [1.807, 2.05) is 6.07 Å². The molecule has 0 radical (unpaired) electrons. The van der Waals surface area contributed by atoms with Gasteiger partial charge in [0.25, 0.3) is 5.56 Å². The monoisotopic (exact) mass is 318 g/mol. The van der Waals surface area contributed by atoms with Gasteiger partial charge in [0.1, 0.15) is 0 Å². The lowest BCUT2D eigenvalue weighted by Crippen LogP contribution is -2.43. The number of aliphatic hydroxyl groups is 1. The lowest BCUT2D eigenvalue weighted by molar-refractivity contribution is -0.142. The second kappa shape index (κ2) is 6.35. The average Bonchev–Trinajstić information content (AvgIpc) is 2.58. The van der Waals surface area contributed by atoms with E-state index < -0.39 is 24.2 Å². The molecule has 2 heterocycles. The summed E-state index contributed by atoms with van der Waals surface area (Å²) in [7, 11) is 0. The first kappa shape index (κ1) is 15.4. The smallest absolute Gasteiger partial charge is 0.329 e. The number of aromatic nitrogens is 2. The lowest BCUT2D eigenvalue weighted by Gasteiger charge is -2.29. The number of anilines is 1. The zero-order valence-electron chi connectivity index (χ0n) is 12.5. The number of aliphatic carboxylic acids is 1. The number of carboxylic acids is 1. The van der Waals surface area contributed by atoms with Crippen molar-refractivity contribution in [3.63, 3.8) is 0 Å². The number of nitrogens with one attached hydrogen (secondary N) is 1. The molecule has 23 heavy (non-hydrogen) atoms. The molecule has 1 aromatic carbocycles. The van der Waals surface area contributed by atoms with E-state index in [0.717, 1.165) is 36.4 Å². The van der Waals surface area contributed by atoms with Crippen molar-refractivity contribution >= 4 is 22.6 Å². The molecule has 0 aliphatic carbocycles. The van der Waals surface area contributed by atoms with Crippen molar-refractivity contribution < 1.29 is 15.0 Å². The molecule has 1 unspecified atom stereocenters. The molecular formula is C15H18N4O4. The summed E-state index contributed by atoms with van der Waals surface area (Å²) in [5.74, 6) is -1.27. The molecule has 0 bridgehead atoms. The van der Waals surface area contributed by atoms with Gasteiger partial charge in [0.15, 0.2) is 6.04 Å². The van der Waals surface area contributed by atoms with Crippen LogP contribution in [0.5, 0.6) is 0 Å². The van der Waals surface area contributed by atoms with Crippen LogP contribution in [-0.2, 0) is 4.79 Å². The minimum absolute atomic E-state index is 0.350. The summed E-state index contributed by atoms with van der Waals surface area (Å²) in [6, 6.07) is 4.07. The van der Waals surface area contributed by atoms with Gasteiger partial charge in [-0.05, 0) is 18.2 Å². The topological polar surface area (TPSA) is 108 Å². The number of carboxylic acid groups (broad SMARTS) is 1. The Kier molecular flexibility index (Phi) is 4.26. The van der Waals surface area contributed by atoms with Gasteiger partial charge in [-0.15, -0.1) is 0 Å². The lowest BCUT2D eigenvalue weighted by atomic mass is 10.2. The van der Waals surface area contributed by atoms with Crippen molar-refractivity contribution in [1.82, 2.24) is 14.9 Å². The van der Waals surface area contributed by atoms with Crippen LogP contribution in [-0.4, -0.2) is 58.5 Å². The number of hydrogen-bond acceptors (Lipinski definition) is 6. The van der Waals surface area contributed by atoms with E-state index >= 15 is 0 Å². The highest BCUT2D eigenvalue weighted by Gasteiger charge is 2.21. The molecule has 1 fully saturated rings. The van der Waals surface area contributed by atoms with Gasteiger partial charge >= 0.3 is 5.97 Å². The Morgan fingerprint density at radius 1 is 1.35 bits per heavy atom. The summed E-state index contributed by atoms with van der Waals surface area (Å²) >= 11 is 0. The van der Waals surface area contributed by atoms with Gasteiger partial charge in [0, 0.05) is 31.9 Å². The molecule has 2 aromatic rings. The molecule has 0 spiro atoms. The molecule has 3 N–H and O–H groups in total. The summed E-state index contributed by atoms with van der Waals surface area (Å²) < 4.78 is 0.964. The number of piperazine rings is 1. The van der Waals surface area contributed by atoms with Crippen molar-refractivity contribution in [2.24, 2.45) is 0 Å². The van der Waals surface area contributed by atoms with Gasteiger partial charge in [0.05, 0.1) is 23.8 Å². The summed E-state index contributed by atoms with van der Waals surface area (Å²) in [5.41, 5.74) is 0.951. The van der Waals surface area contributed by atoms with Crippen LogP contribution in [0.2, 0.25) is 0 Å². The fourth-order valence-corrected chi connectivity index (χ4v) is 2.75. The van der Waals surface area contributed by atoms with Crippen LogP contribution in [0.15, 0.2) is 29.3 Å². The molecular weight excluding hydrogens is 300 g/mol. The fourth-order valence-electron chi connectivity index (χ4n) is 2.75. The Bertz CT molecular complexity index is 783. The molecule has 1 atom stereocenters. The number of hydrogen-bond donors (Lipinski definition) is 3. The SMILES string of the molecule is O=C(O)C(CO)n1cnc2ccc(N3CCNCC3)cc2c1=O. The maximum Gasteiger partial charge on any atom is 0.329 e. The average molecular weight is 318 g/mol. The standard InChI is InChI=1S/C15H18N4O4/c20-8-13(15(22)23)19-9-17-12-2-1-10(7-11(12)14(19)21)18-5-3-16-4-6-18/h1-2,7,9,13,16,20H,3-6,8H2,(H,22,23). The normalized spacial score (nSPS) is 16.5. The highest BCUT2D eigenvalue weighted by atomic mass is 16.4. The Morgan fingerprint density at radius 3 is 2.74 bits per heavy atom. The van der Waals surface area contributed by atoms with Gasteiger partial charge in [-0.3, -0.25) is 9.36 Å². The molecule has 8 nitrogen and oxygen atoms in total. The predicted molar refractivity (Wildman–Crippen MR) is 84.8 cm³/mol. The minimum atomic E-state index is -1.33. The van der Waals surface area contributed by atoms with E-state index in [1.165, 1.54) is 6.33 Å². The van der Waals surface area contributed by atoms with Crippen LogP contribution in [0.4, 0.5) is 5.69 Å². The number of nitrogens with zero attached hydrogens (tertiary/aromatic N) is 3. The van der Waals surface area contributed by atoms with Crippen molar-refractivity contribution in [2.45, 2.75) is 6.04 Å². The van der Waals surface area contributed by atoms with Crippen molar-refractivity contribution in [3.8, 4) is 0 Å². The molecule has 0 saturated carbocycles. The molecule has 1 saturated heterocycles. The number of fused-ring (bicyclic) bond motifs is 1. The molecule has 1 aliphatic heterocycles. The first-order valence-corrected chi connectivity index (χ1v) is 7.42. The second-order valence-electron chi connectivity index (χ2n) is 5.43. The van der Waals surface area contributed by atoms with Gasteiger partial charge < -0.3 is 20.4 Å². The zero-order chi connectivity index (χ0) is 16.4. The number of aliphatic hydroxyl groups excluding tert-OH is 1. The van der Waals surface area contributed by atoms with Crippen molar-refractivity contribution in [2.75, 3.05) is 37.7 Å². The van der Waals surface area contributed by atoms with Crippen LogP contribution in [0.25, 0.3) is 10.9 Å². The van der Waals surface area contributed by atoms with E-state index in [9.17, 15) is 14.7 Å². The van der Waals surface area contributed by atoms with Gasteiger partial charge in [-0.1, -0.05) is 0 Å². The summed E-state index contributed by atoms with van der Waals surface area (Å²) in [5, 5.41) is 22.0. The molecule has 1 aliphatic rings. The first-order valence-electron chi connectivity index (χ1n) is 7.42. The third-order valence-corrected chi connectivity index (χ3v) is 4.04. The minimum Gasteiger partial charge on any atom is -0.480 e. The highest BCUT2D eigenvalue weighted by molar-refractivity contribution is 5.82. The predicted octanol–water partition coefficient (Wildman–Crippen LogP) is -0.576. The van der Waals surface area contributed by atoms with Gasteiger partial charge in [-0.2, -0.15) is 0 Å². The highest BCUT2D eigenvalue weighted by Crippen LogP contribution is 2.19. The number of benzene rings is 1. The van der Waals surface area contributed by atoms with Crippen molar-refractivity contribution in [1.29, 1.82) is 0 Å². The summed E-state index contributed by atoms with van der Waals surface area (Å²) in [6.07, 6.45) is 1.17. The van der Waals surface area contributed by atoms with E-state index in [4.69, 9.17) is 5.11 Å². The van der Waals surface area contributed by atoms with Crippen LogP contribution >= 0.6 is 0 Å². The van der Waals surface area contributed by atoms with Crippen LogP contribution in [0.1, 0.15) is 6.04 Å². The summed E-state index contributed by atoms with van der Waals surface area (Å²) in [4.78, 5) is 30.1. The Hall–Kier alpha value is -2.45. The quantitative estimate of drug-likeness (QED) is 0.692. The molecule has 0 amide bonds. The fraction of sp³-hybridized carbons (Fsp3) is 0.400. The zero-order valence-corrected chi connectivity index (χ0v) is 12.5. The van der Waals surface area contributed by atoms with E-state index in [-0.39, 0.29) is 0 Å². The van der Waals surface area contributed by atoms with E-state index in [0.29, 0.717) is 10.9 Å². The van der Waals surface area contributed by atoms with Crippen LogP contribution in [0, 0.1) is 0 Å². The summed E-state index contributed by atoms with van der Waals surface area (Å²) in [6.45, 7) is 2.77. The van der Waals surface area contributed by atoms with E-state index in [1.54, 1.807) is 12.1 Å². The first-order chi connectivity index (χ1) is 11.1. The molecule has 8 heteroatoms.